The average molecular weight is 319 g/mol. The molecule has 0 unspecified atom stereocenters. The molecule has 2 aromatic carbocycles. The maximum absolute atomic E-state index is 11.8. The molecule has 2 amide bonds. The van der Waals surface area contributed by atoms with Crippen LogP contribution in [0.15, 0.2) is 48.5 Å². The van der Waals surface area contributed by atoms with Gasteiger partial charge in [-0.3, -0.25) is 0 Å². The number of ether oxygens (including phenoxy) is 1. The summed E-state index contributed by atoms with van der Waals surface area (Å²) in [4.78, 5) is 11.8. The fourth-order valence-electron chi connectivity index (χ4n) is 1.99. The Morgan fingerprint density at radius 3 is 2.55 bits per heavy atom. The van der Waals surface area contributed by atoms with Crippen molar-refractivity contribution in [1.82, 2.24) is 5.32 Å². The van der Waals surface area contributed by atoms with Gasteiger partial charge in [-0.05, 0) is 49.2 Å². The molecule has 0 saturated heterocycles. The fourth-order valence-corrected chi connectivity index (χ4v) is 2.22. The van der Waals surface area contributed by atoms with Gasteiger partial charge in [0.1, 0.15) is 5.75 Å². The Labute approximate surface area is 135 Å². The lowest BCUT2D eigenvalue weighted by Gasteiger charge is -2.09. The van der Waals surface area contributed by atoms with Crippen LogP contribution < -0.4 is 15.4 Å². The van der Waals surface area contributed by atoms with E-state index in [9.17, 15) is 4.79 Å². The highest BCUT2D eigenvalue weighted by molar-refractivity contribution is 6.31. The van der Waals surface area contributed by atoms with Crippen molar-refractivity contribution in [3.05, 3.63) is 59.1 Å². The third-order valence-corrected chi connectivity index (χ3v) is 3.43. The Morgan fingerprint density at radius 1 is 1.14 bits per heavy atom. The summed E-state index contributed by atoms with van der Waals surface area (Å²) in [5.41, 5.74) is 1.74. The van der Waals surface area contributed by atoms with Crippen LogP contribution >= 0.6 is 11.6 Å². The van der Waals surface area contributed by atoms with Crippen molar-refractivity contribution in [2.75, 3.05) is 18.5 Å². The van der Waals surface area contributed by atoms with Gasteiger partial charge in [0.15, 0.2) is 0 Å². The van der Waals surface area contributed by atoms with Crippen LogP contribution in [0.1, 0.15) is 12.5 Å². The molecule has 0 aliphatic carbocycles. The summed E-state index contributed by atoms with van der Waals surface area (Å²) in [6.07, 6.45) is 0.691. The topological polar surface area (TPSA) is 50.4 Å². The van der Waals surface area contributed by atoms with Gasteiger partial charge in [-0.25, -0.2) is 4.79 Å². The lowest BCUT2D eigenvalue weighted by molar-refractivity contribution is 0.252. The van der Waals surface area contributed by atoms with Gasteiger partial charge in [-0.1, -0.05) is 29.8 Å². The van der Waals surface area contributed by atoms with Crippen molar-refractivity contribution in [1.29, 1.82) is 0 Å². The van der Waals surface area contributed by atoms with E-state index in [0.29, 0.717) is 19.6 Å². The fraction of sp³-hybridized carbons (Fsp3) is 0.235. The molecule has 0 spiro atoms. The molecule has 4 nitrogen and oxygen atoms in total. The van der Waals surface area contributed by atoms with Gasteiger partial charge in [-0.2, -0.15) is 0 Å². The summed E-state index contributed by atoms with van der Waals surface area (Å²) in [6.45, 7) is 3.07. The molecule has 22 heavy (non-hydrogen) atoms. The molecule has 116 valence electrons. The average Bonchev–Trinajstić information content (AvgIpc) is 2.51. The van der Waals surface area contributed by atoms with Crippen LogP contribution in [0.3, 0.4) is 0 Å². The SMILES string of the molecule is CCOc1ccc(NC(=O)NCCc2ccccc2Cl)cc1. The second-order valence-electron chi connectivity index (χ2n) is 4.68. The molecule has 0 heterocycles. The van der Waals surface area contributed by atoms with Crippen molar-refractivity contribution < 1.29 is 9.53 Å². The van der Waals surface area contributed by atoms with Gasteiger partial charge in [-0.15, -0.1) is 0 Å². The first kappa shape index (κ1) is 16.2. The molecule has 0 aliphatic heterocycles. The molecule has 0 radical (unpaired) electrons. The van der Waals surface area contributed by atoms with Crippen LogP contribution in [-0.4, -0.2) is 19.2 Å². The molecule has 5 heteroatoms. The molecule has 0 aromatic heterocycles. The van der Waals surface area contributed by atoms with Gasteiger partial charge in [0.2, 0.25) is 0 Å². The summed E-state index contributed by atoms with van der Waals surface area (Å²) in [6, 6.07) is 14.6. The molecular formula is C17H19ClN2O2. The number of rotatable bonds is 6. The van der Waals surface area contributed by atoms with E-state index in [1.807, 2.05) is 43.3 Å². The Bertz CT molecular complexity index is 614. The number of hydrogen-bond donors (Lipinski definition) is 2. The van der Waals surface area contributed by atoms with Crippen molar-refractivity contribution in [3.8, 4) is 5.75 Å². The van der Waals surface area contributed by atoms with E-state index in [-0.39, 0.29) is 6.03 Å². The van der Waals surface area contributed by atoms with Gasteiger partial charge < -0.3 is 15.4 Å². The number of benzene rings is 2. The Morgan fingerprint density at radius 2 is 1.86 bits per heavy atom. The van der Waals surface area contributed by atoms with Crippen molar-refractivity contribution in [2.24, 2.45) is 0 Å². The van der Waals surface area contributed by atoms with Crippen molar-refractivity contribution in [2.45, 2.75) is 13.3 Å². The number of anilines is 1. The van der Waals surface area contributed by atoms with Crippen LogP contribution in [0.5, 0.6) is 5.75 Å². The van der Waals surface area contributed by atoms with Crippen LogP contribution in [-0.2, 0) is 6.42 Å². The number of carbonyl (C=O) groups is 1. The summed E-state index contributed by atoms with van der Waals surface area (Å²) in [5, 5.41) is 6.30. The molecule has 0 bridgehead atoms. The molecular weight excluding hydrogens is 300 g/mol. The molecule has 0 fully saturated rings. The third kappa shape index (κ3) is 4.97. The van der Waals surface area contributed by atoms with Crippen LogP contribution in [0.4, 0.5) is 10.5 Å². The van der Waals surface area contributed by atoms with E-state index < -0.39 is 0 Å². The van der Waals surface area contributed by atoms with Crippen LogP contribution in [0.2, 0.25) is 5.02 Å². The number of nitrogens with one attached hydrogen (secondary N) is 2. The second-order valence-corrected chi connectivity index (χ2v) is 5.09. The minimum atomic E-state index is -0.240. The Balaban J connectivity index is 1.77. The second kappa shape index (κ2) is 8.29. The summed E-state index contributed by atoms with van der Waals surface area (Å²) >= 11 is 6.07. The van der Waals surface area contributed by atoms with E-state index in [1.54, 1.807) is 12.1 Å². The molecule has 0 atom stereocenters. The number of halogens is 1. The molecule has 0 saturated carbocycles. The molecule has 2 rings (SSSR count). The van der Waals surface area contributed by atoms with Gasteiger partial charge >= 0.3 is 6.03 Å². The predicted octanol–water partition coefficient (Wildman–Crippen LogP) is 4.10. The van der Waals surface area contributed by atoms with Gasteiger partial charge in [0.25, 0.3) is 0 Å². The first-order valence-electron chi connectivity index (χ1n) is 7.20. The third-order valence-electron chi connectivity index (χ3n) is 3.06. The smallest absolute Gasteiger partial charge is 0.319 e. The first-order valence-corrected chi connectivity index (χ1v) is 7.58. The van der Waals surface area contributed by atoms with E-state index in [4.69, 9.17) is 16.3 Å². The maximum Gasteiger partial charge on any atom is 0.319 e. The number of amides is 2. The molecule has 2 aromatic rings. The zero-order valence-electron chi connectivity index (χ0n) is 12.4. The van der Waals surface area contributed by atoms with E-state index in [0.717, 1.165) is 22.0 Å². The Hall–Kier alpha value is -2.20. The van der Waals surface area contributed by atoms with Crippen LogP contribution in [0.25, 0.3) is 0 Å². The highest BCUT2D eigenvalue weighted by atomic mass is 35.5. The Kier molecular flexibility index (Phi) is 6.10. The molecule has 2 N–H and O–H groups in total. The van der Waals surface area contributed by atoms with Crippen molar-refractivity contribution >= 4 is 23.3 Å². The quantitative estimate of drug-likeness (QED) is 0.842. The summed E-state index contributed by atoms with van der Waals surface area (Å²) in [7, 11) is 0. The minimum Gasteiger partial charge on any atom is -0.494 e. The molecule has 0 aliphatic rings. The van der Waals surface area contributed by atoms with E-state index >= 15 is 0 Å². The normalized spacial score (nSPS) is 10.1. The van der Waals surface area contributed by atoms with Gasteiger partial charge in [0.05, 0.1) is 6.61 Å². The lowest BCUT2D eigenvalue weighted by Crippen LogP contribution is -2.30. The van der Waals surface area contributed by atoms with Crippen molar-refractivity contribution in [3.63, 3.8) is 0 Å². The largest absolute Gasteiger partial charge is 0.494 e. The zero-order chi connectivity index (χ0) is 15.8. The summed E-state index contributed by atoms with van der Waals surface area (Å²) < 4.78 is 5.35. The van der Waals surface area contributed by atoms with Crippen LogP contribution in [0, 0.1) is 0 Å². The number of hydrogen-bond acceptors (Lipinski definition) is 2. The first-order chi connectivity index (χ1) is 10.7. The maximum atomic E-state index is 11.8. The highest BCUT2D eigenvalue weighted by Crippen LogP contribution is 2.16. The lowest BCUT2D eigenvalue weighted by atomic mass is 10.1. The number of urea groups is 1. The number of carbonyl (C=O) groups excluding carboxylic acids is 1. The predicted molar refractivity (Wildman–Crippen MR) is 89.8 cm³/mol. The zero-order valence-corrected chi connectivity index (χ0v) is 13.2. The van der Waals surface area contributed by atoms with Gasteiger partial charge in [0, 0.05) is 17.3 Å². The summed E-state index contributed by atoms with van der Waals surface area (Å²) in [5.74, 6) is 0.784. The van der Waals surface area contributed by atoms with E-state index in [1.165, 1.54) is 0 Å². The minimum absolute atomic E-state index is 0.240. The van der Waals surface area contributed by atoms with E-state index in [2.05, 4.69) is 10.6 Å². The monoisotopic (exact) mass is 318 g/mol. The standard InChI is InChI=1S/C17H19ClN2O2/c1-2-22-15-9-7-14(8-10-15)20-17(21)19-12-11-13-5-3-4-6-16(13)18/h3-10H,2,11-12H2,1H3,(H2,19,20,21). The highest BCUT2D eigenvalue weighted by Gasteiger charge is 2.03.